The van der Waals surface area contributed by atoms with Crippen molar-refractivity contribution in [1.29, 1.82) is 5.26 Å². The molecule has 0 fully saturated rings. The fourth-order valence-corrected chi connectivity index (χ4v) is 1.12. The number of nitriles is 1. The van der Waals surface area contributed by atoms with Crippen molar-refractivity contribution in [1.82, 2.24) is 0 Å². The lowest BCUT2D eigenvalue weighted by Gasteiger charge is -2.02. The Morgan fingerprint density at radius 1 is 1.64 bits per heavy atom. The van der Waals surface area contributed by atoms with Crippen molar-refractivity contribution in [3.63, 3.8) is 0 Å². The largest absolute Gasteiger partial charge is 0.396 e. The van der Waals surface area contributed by atoms with Gasteiger partial charge in [-0.2, -0.15) is 5.26 Å². The zero-order chi connectivity index (χ0) is 10.7. The minimum Gasteiger partial charge on any atom is -0.396 e. The molecule has 72 valence electrons. The van der Waals surface area contributed by atoms with E-state index in [1.807, 2.05) is 0 Å². The highest BCUT2D eigenvalue weighted by Gasteiger charge is 2.12. The van der Waals surface area contributed by atoms with Crippen LogP contribution in [0.5, 0.6) is 0 Å². The molecule has 1 aromatic rings. The highest BCUT2D eigenvalue weighted by Crippen LogP contribution is 2.18. The van der Waals surface area contributed by atoms with Crippen LogP contribution < -0.4 is 5.73 Å². The molecule has 0 saturated heterocycles. The van der Waals surface area contributed by atoms with E-state index in [1.165, 1.54) is 6.07 Å². The number of hydrogen-bond donors (Lipinski definition) is 1. The Hall–Kier alpha value is -1.60. The molecule has 1 aromatic carbocycles. The van der Waals surface area contributed by atoms with E-state index in [4.69, 9.17) is 22.6 Å². The molecule has 0 radical (unpaired) electrons. The molecule has 0 unspecified atom stereocenters. The van der Waals surface area contributed by atoms with E-state index < -0.39 is 11.6 Å². The van der Waals surface area contributed by atoms with Crippen LogP contribution in [0.1, 0.15) is 15.9 Å². The molecule has 0 aromatic heterocycles. The van der Waals surface area contributed by atoms with Crippen molar-refractivity contribution >= 4 is 23.1 Å². The standard InChI is InChI=1S/C9H6ClFN2O/c10-3-8(14)5-1-6(4-12)9(11)7(13)2-5/h1-2H,3,13H2. The van der Waals surface area contributed by atoms with E-state index in [0.29, 0.717) is 0 Å². The first-order chi connectivity index (χ1) is 6.60. The Bertz CT molecular complexity index is 426. The van der Waals surface area contributed by atoms with Gasteiger partial charge in [-0.05, 0) is 12.1 Å². The molecule has 3 nitrogen and oxygen atoms in total. The summed E-state index contributed by atoms with van der Waals surface area (Å²) in [6.45, 7) is 0. The zero-order valence-corrected chi connectivity index (χ0v) is 7.81. The van der Waals surface area contributed by atoms with Crippen molar-refractivity contribution < 1.29 is 9.18 Å². The molecule has 14 heavy (non-hydrogen) atoms. The monoisotopic (exact) mass is 212 g/mol. The third-order valence-corrected chi connectivity index (χ3v) is 1.91. The van der Waals surface area contributed by atoms with Gasteiger partial charge in [-0.15, -0.1) is 11.6 Å². The van der Waals surface area contributed by atoms with Crippen LogP contribution in [0.2, 0.25) is 0 Å². The number of anilines is 1. The highest BCUT2D eigenvalue weighted by molar-refractivity contribution is 6.30. The lowest BCUT2D eigenvalue weighted by Crippen LogP contribution is -2.04. The van der Waals surface area contributed by atoms with Gasteiger partial charge >= 0.3 is 0 Å². The molecule has 0 bridgehead atoms. The third kappa shape index (κ3) is 1.83. The SMILES string of the molecule is N#Cc1cc(C(=O)CCl)cc(N)c1F. The maximum Gasteiger partial charge on any atom is 0.177 e. The predicted molar refractivity (Wildman–Crippen MR) is 50.6 cm³/mol. The average Bonchev–Trinajstić information content (AvgIpc) is 2.20. The Morgan fingerprint density at radius 3 is 2.79 bits per heavy atom. The maximum absolute atomic E-state index is 13.1. The van der Waals surface area contributed by atoms with Crippen LogP contribution in [0.4, 0.5) is 10.1 Å². The van der Waals surface area contributed by atoms with Crippen molar-refractivity contribution in [3.05, 3.63) is 29.1 Å². The number of ketones is 1. The van der Waals surface area contributed by atoms with Crippen LogP contribution in [0, 0.1) is 17.1 Å². The zero-order valence-electron chi connectivity index (χ0n) is 7.05. The summed E-state index contributed by atoms with van der Waals surface area (Å²) in [6.07, 6.45) is 0. The number of halogens is 2. The van der Waals surface area contributed by atoms with Gasteiger partial charge in [0.2, 0.25) is 0 Å². The topological polar surface area (TPSA) is 66.9 Å². The van der Waals surface area contributed by atoms with Gasteiger partial charge in [-0.1, -0.05) is 0 Å². The van der Waals surface area contributed by atoms with Crippen LogP contribution in [0.3, 0.4) is 0 Å². The number of carbonyl (C=O) groups excluding carboxylic acids is 1. The molecule has 0 saturated carbocycles. The molecular formula is C9H6ClFN2O. The highest BCUT2D eigenvalue weighted by atomic mass is 35.5. The summed E-state index contributed by atoms with van der Waals surface area (Å²) in [5.41, 5.74) is 4.94. The van der Waals surface area contributed by atoms with Crippen LogP contribution in [0.25, 0.3) is 0 Å². The van der Waals surface area contributed by atoms with Crippen LogP contribution in [0.15, 0.2) is 12.1 Å². The Labute approximate surface area is 84.9 Å². The number of rotatable bonds is 2. The maximum atomic E-state index is 13.1. The molecule has 2 N–H and O–H groups in total. The van der Waals surface area contributed by atoms with Crippen molar-refractivity contribution in [3.8, 4) is 6.07 Å². The predicted octanol–water partition coefficient (Wildman–Crippen LogP) is 1.70. The minimum absolute atomic E-state index is 0.149. The molecule has 0 aliphatic rings. The van der Waals surface area contributed by atoms with E-state index in [-0.39, 0.29) is 22.7 Å². The molecule has 0 aliphatic heterocycles. The number of alkyl halides is 1. The van der Waals surface area contributed by atoms with Gasteiger partial charge in [0.1, 0.15) is 6.07 Å². The van der Waals surface area contributed by atoms with E-state index in [0.717, 1.165) is 6.07 Å². The van der Waals surface area contributed by atoms with E-state index in [9.17, 15) is 9.18 Å². The molecular weight excluding hydrogens is 207 g/mol. The average molecular weight is 213 g/mol. The Kier molecular flexibility index (Phi) is 3.05. The quantitative estimate of drug-likeness (QED) is 0.461. The van der Waals surface area contributed by atoms with Gasteiger partial charge in [0.05, 0.1) is 17.1 Å². The first-order valence-electron chi connectivity index (χ1n) is 3.68. The van der Waals surface area contributed by atoms with E-state index in [1.54, 1.807) is 6.07 Å². The summed E-state index contributed by atoms with van der Waals surface area (Å²) in [5, 5.41) is 8.53. The number of nitrogens with zero attached hydrogens (tertiary/aromatic N) is 1. The van der Waals surface area contributed by atoms with Crippen molar-refractivity contribution in [2.75, 3.05) is 11.6 Å². The number of Topliss-reactive ketones (excluding diaryl/α,β-unsaturated/α-hetero) is 1. The summed E-state index contributed by atoms with van der Waals surface area (Å²) >= 11 is 5.31. The van der Waals surface area contributed by atoms with Gasteiger partial charge < -0.3 is 5.73 Å². The second kappa shape index (κ2) is 4.07. The van der Waals surface area contributed by atoms with Crippen molar-refractivity contribution in [2.24, 2.45) is 0 Å². The minimum atomic E-state index is -0.807. The molecule has 0 amide bonds. The molecule has 0 heterocycles. The summed E-state index contributed by atoms with van der Waals surface area (Å²) in [6, 6.07) is 3.91. The Morgan fingerprint density at radius 2 is 2.29 bits per heavy atom. The number of nitrogens with two attached hydrogens (primary N) is 1. The third-order valence-electron chi connectivity index (χ3n) is 1.66. The lowest BCUT2D eigenvalue weighted by molar-refractivity contribution is 0.102. The van der Waals surface area contributed by atoms with Gasteiger partial charge in [0.25, 0.3) is 0 Å². The van der Waals surface area contributed by atoms with Gasteiger partial charge in [-0.3, -0.25) is 4.79 Å². The lowest BCUT2D eigenvalue weighted by atomic mass is 10.1. The normalized spacial score (nSPS) is 9.50. The number of hydrogen-bond acceptors (Lipinski definition) is 3. The van der Waals surface area contributed by atoms with Crippen LogP contribution in [-0.2, 0) is 0 Å². The number of nitrogen functional groups attached to an aromatic ring is 1. The van der Waals surface area contributed by atoms with E-state index in [2.05, 4.69) is 0 Å². The number of benzene rings is 1. The summed E-state index contributed by atoms with van der Waals surface area (Å²) in [5.74, 6) is -1.43. The van der Waals surface area contributed by atoms with Gasteiger partial charge in [0, 0.05) is 5.56 Å². The molecule has 1 rings (SSSR count). The molecule has 0 spiro atoms. The number of carbonyl (C=O) groups is 1. The van der Waals surface area contributed by atoms with Crippen LogP contribution in [-0.4, -0.2) is 11.7 Å². The van der Waals surface area contributed by atoms with Crippen LogP contribution >= 0.6 is 11.6 Å². The van der Waals surface area contributed by atoms with E-state index >= 15 is 0 Å². The summed E-state index contributed by atoms with van der Waals surface area (Å²) in [4.78, 5) is 11.1. The fraction of sp³-hybridized carbons (Fsp3) is 0.111. The van der Waals surface area contributed by atoms with Crippen molar-refractivity contribution in [2.45, 2.75) is 0 Å². The first-order valence-corrected chi connectivity index (χ1v) is 4.22. The second-order valence-electron chi connectivity index (χ2n) is 2.60. The molecule has 0 aliphatic carbocycles. The molecule has 0 atom stereocenters. The summed E-state index contributed by atoms with van der Waals surface area (Å²) in [7, 11) is 0. The fourth-order valence-electron chi connectivity index (χ4n) is 0.966. The second-order valence-corrected chi connectivity index (χ2v) is 2.86. The molecule has 5 heteroatoms. The van der Waals surface area contributed by atoms with Gasteiger partial charge in [0.15, 0.2) is 11.6 Å². The smallest absolute Gasteiger partial charge is 0.177 e. The summed E-state index contributed by atoms with van der Waals surface area (Å²) < 4.78 is 13.1. The first kappa shape index (κ1) is 10.5. The Balaban J connectivity index is 3.32. The van der Waals surface area contributed by atoms with Gasteiger partial charge in [-0.25, -0.2) is 4.39 Å².